The van der Waals surface area contributed by atoms with Crippen molar-refractivity contribution in [1.29, 1.82) is 0 Å². The first-order chi connectivity index (χ1) is 8.95. The Bertz CT molecular complexity index is 283. The number of carbonyl (C=O) groups is 1. The van der Waals surface area contributed by atoms with Crippen LogP contribution in [-0.4, -0.2) is 41.0 Å². The Morgan fingerprint density at radius 2 is 1.84 bits per heavy atom. The molecule has 0 aromatic carbocycles. The third-order valence-electron chi connectivity index (χ3n) is 4.07. The number of alkyl halides is 2. The number of amides is 1. The fourth-order valence-electron chi connectivity index (χ4n) is 2.83. The molecule has 0 aliphatic heterocycles. The van der Waals surface area contributed by atoms with E-state index in [1.165, 1.54) is 0 Å². The van der Waals surface area contributed by atoms with Gasteiger partial charge in [-0.15, -0.1) is 0 Å². The van der Waals surface area contributed by atoms with E-state index >= 15 is 0 Å². The summed E-state index contributed by atoms with van der Waals surface area (Å²) in [6.07, 6.45) is 1.77. The fourth-order valence-corrected chi connectivity index (χ4v) is 2.83. The van der Waals surface area contributed by atoms with Crippen molar-refractivity contribution >= 4 is 5.91 Å². The minimum absolute atomic E-state index is 0.0572. The molecular weight excluding hydrogens is 252 g/mol. The van der Waals surface area contributed by atoms with Gasteiger partial charge >= 0.3 is 0 Å². The van der Waals surface area contributed by atoms with Crippen LogP contribution in [0.1, 0.15) is 52.4 Å². The molecule has 0 atom stereocenters. The lowest BCUT2D eigenvalue weighted by Gasteiger charge is -2.35. The number of rotatable bonds is 6. The van der Waals surface area contributed by atoms with Gasteiger partial charge in [0.05, 0.1) is 6.61 Å². The third kappa shape index (κ3) is 4.41. The number of hydrogen-bond donors (Lipinski definition) is 1. The highest BCUT2D eigenvalue weighted by atomic mass is 19.3. The molecule has 1 fully saturated rings. The molecule has 0 radical (unpaired) electrons. The SMILES string of the molecule is CCC(CC)N(CCO)C(=O)C1CCC(F)(F)CC1. The van der Waals surface area contributed by atoms with E-state index in [2.05, 4.69) is 0 Å². The Labute approximate surface area is 114 Å². The predicted molar refractivity (Wildman–Crippen MR) is 70.1 cm³/mol. The van der Waals surface area contributed by atoms with Crippen LogP contribution in [0.4, 0.5) is 8.78 Å². The van der Waals surface area contributed by atoms with Crippen LogP contribution in [0.25, 0.3) is 0 Å². The van der Waals surface area contributed by atoms with Crippen LogP contribution in [0.5, 0.6) is 0 Å². The van der Waals surface area contributed by atoms with Crippen molar-refractivity contribution in [1.82, 2.24) is 4.90 Å². The van der Waals surface area contributed by atoms with E-state index in [4.69, 9.17) is 5.11 Å². The Hall–Kier alpha value is -0.710. The summed E-state index contributed by atoms with van der Waals surface area (Å²) in [5.41, 5.74) is 0. The van der Waals surface area contributed by atoms with Gasteiger partial charge in [0.25, 0.3) is 0 Å². The molecule has 112 valence electrons. The molecule has 5 heteroatoms. The first kappa shape index (κ1) is 16.3. The summed E-state index contributed by atoms with van der Waals surface area (Å²) in [5.74, 6) is -2.96. The van der Waals surface area contributed by atoms with E-state index in [1.54, 1.807) is 4.90 Å². The number of aliphatic hydroxyl groups excluding tert-OH is 1. The van der Waals surface area contributed by atoms with Crippen LogP contribution in [0.2, 0.25) is 0 Å². The summed E-state index contributed by atoms with van der Waals surface area (Å²) in [4.78, 5) is 14.1. The number of carbonyl (C=O) groups excluding carboxylic acids is 1. The lowest BCUT2D eigenvalue weighted by atomic mass is 9.85. The van der Waals surface area contributed by atoms with Crippen molar-refractivity contribution in [3.8, 4) is 0 Å². The van der Waals surface area contributed by atoms with Gasteiger partial charge in [0.1, 0.15) is 0 Å². The second-order valence-electron chi connectivity index (χ2n) is 5.36. The van der Waals surface area contributed by atoms with Crippen LogP contribution in [-0.2, 0) is 4.79 Å². The minimum atomic E-state index is -2.60. The van der Waals surface area contributed by atoms with Gasteiger partial charge in [-0.2, -0.15) is 0 Å². The number of nitrogens with zero attached hydrogens (tertiary/aromatic N) is 1. The lowest BCUT2D eigenvalue weighted by Crippen LogP contribution is -2.46. The van der Waals surface area contributed by atoms with Crippen molar-refractivity contribution in [2.75, 3.05) is 13.2 Å². The predicted octanol–water partition coefficient (Wildman–Crippen LogP) is 2.82. The van der Waals surface area contributed by atoms with Crippen molar-refractivity contribution in [3.05, 3.63) is 0 Å². The van der Waals surface area contributed by atoms with Crippen molar-refractivity contribution in [2.45, 2.75) is 64.3 Å². The summed E-state index contributed by atoms with van der Waals surface area (Å²) < 4.78 is 26.2. The molecule has 1 aliphatic carbocycles. The molecule has 0 aromatic rings. The topological polar surface area (TPSA) is 40.5 Å². The molecule has 0 unspecified atom stereocenters. The zero-order chi connectivity index (χ0) is 14.5. The van der Waals surface area contributed by atoms with Gasteiger partial charge in [-0.25, -0.2) is 8.78 Å². The van der Waals surface area contributed by atoms with Gasteiger partial charge in [0.15, 0.2) is 0 Å². The molecule has 1 rings (SSSR count). The van der Waals surface area contributed by atoms with Crippen LogP contribution in [0.15, 0.2) is 0 Å². The summed E-state index contributed by atoms with van der Waals surface area (Å²) in [7, 11) is 0. The van der Waals surface area contributed by atoms with Gasteiger partial charge < -0.3 is 10.0 Å². The molecule has 1 N–H and O–H groups in total. The highest BCUT2D eigenvalue weighted by molar-refractivity contribution is 5.79. The van der Waals surface area contributed by atoms with E-state index < -0.39 is 5.92 Å². The molecule has 1 aliphatic rings. The van der Waals surface area contributed by atoms with E-state index in [0.717, 1.165) is 12.8 Å². The maximum absolute atomic E-state index is 13.1. The normalized spacial score (nSPS) is 19.7. The van der Waals surface area contributed by atoms with E-state index in [-0.39, 0.29) is 50.2 Å². The van der Waals surface area contributed by atoms with E-state index in [0.29, 0.717) is 6.54 Å². The largest absolute Gasteiger partial charge is 0.395 e. The maximum Gasteiger partial charge on any atom is 0.248 e. The average Bonchev–Trinajstić information content (AvgIpc) is 2.38. The minimum Gasteiger partial charge on any atom is -0.395 e. The van der Waals surface area contributed by atoms with Gasteiger partial charge in [-0.1, -0.05) is 13.8 Å². The lowest BCUT2D eigenvalue weighted by molar-refractivity contribution is -0.142. The summed E-state index contributed by atoms with van der Waals surface area (Å²) in [5, 5.41) is 9.09. The molecule has 0 saturated heterocycles. The summed E-state index contributed by atoms with van der Waals surface area (Å²) >= 11 is 0. The zero-order valence-electron chi connectivity index (χ0n) is 11.9. The van der Waals surface area contributed by atoms with E-state index in [1.807, 2.05) is 13.8 Å². The molecule has 1 amide bonds. The first-order valence-corrected chi connectivity index (χ1v) is 7.24. The van der Waals surface area contributed by atoms with E-state index in [9.17, 15) is 13.6 Å². The van der Waals surface area contributed by atoms with Gasteiger partial charge in [-0.3, -0.25) is 4.79 Å². The second-order valence-corrected chi connectivity index (χ2v) is 5.36. The highest BCUT2D eigenvalue weighted by Crippen LogP contribution is 2.37. The van der Waals surface area contributed by atoms with Crippen LogP contribution < -0.4 is 0 Å². The summed E-state index contributed by atoms with van der Waals surface area (Å²) in [6, 6.07) is 0.0992. The monoisotopic (exact) mass is 277 g/mol. The van der Waals surface area contributed by atoms with Gasteiger partial charge in [0.2, 0.25) is 11.8 Å². The van der Waals surface area contributed by atoms with Crippen LogP contribution >= 0.6 is 0 Å². The van der Waals surface area contributed by atoms with Crippen LogP contribution in [0, 0.1) is 5.92 Å². The van der Waals surface area contributed by atoms with Crippen molar-refractivity contribution in [2.24, 2.45) is 5.92 Å². The number of aliphatic hydroxyl groups is 1. The molecule has 1 saturated carbocycles. The average molecular weight is 277 g/mol. The van der Waals surface area contributed by atoms with Crippen LogP contribution in [0.3, 0.4) is 0 Å². The molecule has 0 heterocycles. The highest BCUT2D eigenvalue weighted by Gasteiger charge is 2.39. The van der Waals surface area contributed by atoms with Crippen molar-refractivity contribution in [3.63, 3.8) is 0 Å². The fraction of sp³-hybridized carbons (Fsp3) is 0.929. The van der Waals surface area contributed by atoms with Gasteiger partial charge in [-0.05, 0) is 25.7 Å². The van der Waals surface area contributed by atoms with Crippen molar-refractivity contribution < 1.29 is 18.7 Å². The Balaban J connectivity index is 2.66. The molecule has 3 nitrogen and oxygen atoms in total. The molecule has 19 heavy (non-hydrogen) atoms. The smallest absolute Gasteiger partial charge is 0.248 e. The molecule has 0 spiro atoms. The number of hydrogen-bond acceptors (Lipinski definition) is 2. The first-order valence-electron chi connectivity index (χ1n) is 7.24. The quantitative estimate of drug-likeness (QED) is 0.811. The molecule has 0 aromatic heterocycles. The Morgan fingerprint density at radius 3 is 2.26 bits per heavy atom. The third-order valence-corrected chi connectivity index (χ3v) is 4.07. The summed E-state index contributed by atoms with van der Waals surface area (Å²) in [6.45, 7) is 4.23. The second kappa shape index (κ2) is 7.17. The standard InChI is InChI=1S/C14H25F2NO2/c1-3-12(4-2)17(9-10-18)13(19)11-5-7-14(15,16)8-6-11/h11-12,18H,3-10H2,1-2H3. The Morgan fingerprint density at radius 1 is 1.32 bits per heavy atom. The molecular formula is C14H25F2NO2. The Kier molecular flexibility index (Phi) is 6.17. The molecule has 0 bridgehead atoms. The zero-order valence-corrected chi connectivity index (χ0v) is 11.9. The maximum atomic E-state index is 13.1. The van der Waals surface area contributed by atoms with Gasteiger partial charge in [0, 0.05) is 31.3 Å². The number of halogens is 2.